The van der Waals surface area contributed by atoms with E-state index in [1.807, 2.05) is 45.4 Å². The summed E-state index contributed by atoms with van der Waals surface area (Å²) in [5, 5.41) is 7.00. The Morgan fingerprint density at radius 3 is 1.87 bits per heavy atom. The number of nitrogens with zero attached hydrogens (tertiary/aromatic N) is 1. The molecule has 0 spiro atoms. The van der Waals surface area contributed by atoms with E-state index in [0.29, 0.717) is 58.3 Å². The number of carbonyl (C=O) groups is 3. The Labute approximate surface area is 369 Å². The maximum atomic E-state index is 12.8. The molecule has 0 aliphatic rings. The number of amides is 1. The van der Waals surface area contributed by atoms with Gasteiger partial charge in [0, 0.05) is 25.1 Å². The smallest absolute Gasteiger partial charge is 0.306 e. The monoisotopic (exact) mass is 899 g/mol. The number of ether oxygens (including phenoxy) is 2. The van der Waals surface area contributed by atoms with Gasteiger partial charge in [-0.2, -0.15) is 0 Å². The van der Waals surface area contributed by atoms with Gasteiger partial charge >= 0.3 is 11.9 Å². The number of phosphoric acid groups is 1. The number of unbranched alkanes of at least 4 members (excludes halogenated alkanes) is 15. The van der Waals surface area contributed by atoms with Gasteiger partial charge in [0.05, 0.1) is 49.9 Å². The summed E-state index contributed by atoms with van der Waals surface area (Å²) in [5.41, 5.74) is 2.00. The third kappa shape index (κ3) is 26.6. The van der Waals surface area contributed by atoms with Crippen molar-refractivity contribution in [1.82, 2.24) is 5.32 Å². The second-order valence-electron chi connectivity index (χ2n) is 16.4. The van der Waals surface area contributed by atoms with Crippen LogP contribution >= 0.6 is 31.0 Å². The molecule has 1 amide bonds. The highest BCUT2D eigenvalue weighted by atomic mass is 35.5. The number of esters is 2. The molecule has 0 saturated carbocycles. The van der Waals surface area contributed by atoms with Crippen molar-refractivity contribution in [2.45, 2.75) is 141 Å². The summed E-state index contributed by atoms with van der Waals surface area (Å²) in [6, 6.07) is 12.6. The second-order valence-corrected chi connectivity index (χ2v) is 18.7. The summed E-state index contributed by atoms with van der Waals surface area (Å²) in [6.45, 7) is 2.01. The Morgan fingerprint density at radius 2 is 1.27 bits per heavy atom. The van der Waals surface area contributed by atoms with E-state index in [1.165, 1.54) is 70.6 Å². The van der Waals surface area contributed by atoms with Crippen LogP contribution in [-0.2, 0) is 43.9 Å². The number of quaternary nitrogens is 1. The van der Waals surface area contributed by atoms with Crippen LogP contribution in [0.3, 0.4) is 0 Å². The van der Waals surface area contributed by atoms with Crippen molar-refractivity contribution in [3.05, 3.63) is 58.1 Å². The normalized spacial score (nSPS) is 13.1. The van der Waals surface area contributed by atoms with E-state index in [1.54, 1.807) is 18.2 Å². The number of hydrogen-bond donors (Lipinski definition) is 2. The van der Waals surface area contributed by atoms with E-state index in [-0.39, 0.29) is 38.4 Å². The number of halogens is 2. The van der Waals surface area contributed by atoms with Gasteiger partial charge in [-0.25, -0.2) is 0 Å². The SMILES string of the molecule is CCCCCCCCCCCCCCCCCC(=O)OC[C@H](COP(=O)([O-])OCC[N+](C)(C)C)OC(=O)CCCCNC(=O)Cc1ccccc1Nc1c(Cl)cccc1Cl. The number of likely N-dealkylation sites (N-methyl/N-ethyl adjacent to an activating group) is 1. The molecule has 0 aliphatic heterocycles. The van der Waals surface area contributed by atoms with E-state index in [2.05, 4.69) is 17.6 Å². The van der Waals surface area contributed by atoms with Crippen molar-refractivity contribution in [2.24, 2.45) is 0 Å². The third-order valence-corrected chi connectivity index (χ3v) is 11.5. The van der Waals surface area contributed by atoms with Gasteiger partial charge in [-0.15, -0.1) is 0 Å². The molecule has 0 radical (unpaired) electrons. The molecule has 60 heavy (non-hydrogen) atoms. The lowest BCUT2D eigenvalue weighted by atomic mass is 10.0. The molecular weight excluding hydrogens is 828 g/mol. The van der Waals surface area contributed by atoms with Gasteiger partial charge in [0.15, 0.2) is 6.10 Å². The first-order valence-corrected chi connectivity index (χ1v) is 24.2. The van der Waals surface area contributed by atoms with Gasteiger partial charge in [0.2, 0.25) is 5.91 Å². The van der Waals surface area contributed by atoms with Crippen LogP contribution in [0.2, 0.25) is 10.0 Å². The zero-order valence-corrected chi connectivity index (χ0v) is 39.0. The lowest BCUT2D eigenvalue weighted by molar-refractivity contribution is -0.870. The van der Waals surface area contributed by atoms with E-state index in [0.717, 1.165) is 24.8 Å². The molecule has 2 aromatic carbocycles. The summed E-state index contributed by atoms with van der Waals surface area (Å²) in [6.07, 6.45) is 18.4. The van der Waals surface area contributed by atoms with E-state index < -0.39 is 32.5 Å². The lowest BCUT2D eigenvalue weighted by Crippen LogP contribution is -2.37. The summed E-state index contributed by atoms with van der Waals surface area (Å²) in [4.78, 5) is 50.6. The Balaban J connectivity index is 1.73. The van der Waals surface area contributed by atoms with Crippen LogP contribution in [-0.4, -0.2) is 82.5 Å². The molecule has 2 rings (SSSR count). The summed E-state index contributed by atoms with van der Waals surface area (Å²) in [5.74, 6) is -1.26. The number of phosphoric ester groups is 1. The Bertz CT molecular complexity index is 1560. The number of benzene rings is 2. The lowest BCUT2D eigenvalue weighted by Gasteiger charge is -2.28. The maximum Gasteiger partial charge on any atom is 0.306 e. The number of carbonyl (C=O) groups excluding carboxylic acids is 3. The van der Waals surface area contributed by atoms with Crippen LogP contribution in [0.1, 0.15) is 134 Å². The molecule has 1 unspecified atom stereocenters. The molecule has 0 aliphatic carbocycles. The standard InChI is InChI=1S/C45H72Cl2N3O9P/c1-5-6-7-8-9-10-11-12-13-14-15-16-17-18-19-29-43(52)56-35-38(36-58-60(54,55)57-33-32-50(2,3)4)59-44(53)30-22-23-31-48-42(51)34-37-25-20-21-28-41(37)49-45-39(46)26-24-27-40(45)47/h20-21,24-28,38,49H,5-19,22-23,29-36H2,1-4H3,(H-,48,51,54,55)/t38-/m1/s1. The Morgan fingerprint density at radius 1 is 0.717 bits per heavy atom. The average molecular weight is 901 g/mol. The first-order chi connectivity index (χ1) is 28.7. The number of para-hydroxylation sites is 2. The molecule has 2 N–H and O–H groups in total. The third-order valence-electron chi connectivity index (χ3n) is 9.86. The van der Waals surface area contributed by atoms with Crippen LogP contribution in [0.5, 0.6) is 0 Å². The largest absolute Gasteiger partial charge is 0.756 e. The minimum Gasteiger partial charge on any atom is -0.756 e. The van der Waals surface area contributed by atoms with Crippen LogP contribution < -0.4 is 15.5 Å². The van der Waals surface area contributed by atoms with Crippen LogP contribution in [0, 0.1) is 0 Å². The van der Waals surface area contributed by atoms with Gasteiger partial charge in [-0.1, -0.05) is 144 Å². The Hall–Kier alpha value is -2.70. The average Bonchev–Trinajstić information content (AvgIpc) is 3.18. The van der Waals surface area contributed by atoms with Crippen molar-refractivity contribution in [2.75, 3.05) is 59.4 Å². The first kappa shape index (κ1) is 53.4. The minimum atomic E-state index is -4.71. The molecule has 0 bridgehead atoms. The molecule has 340 valence electrons. The van der Waals surface area contributed by atoms with Gasteiger partial charge in [-0.3, -0.25) is 18.9 Å². The highest BCUT2D eigenvalue weighted by Crippen LogP contribution is 2.38. The van der Waals surface area contributed by atoms with Crippen molar-refractivity contribution >= 4 is 60.2 Å². The fraction of sp³-hybridized carbons (Fsp3) is 0.667. The van der Waals surface area contributed by atoms with Crippen molar-refractivity contribution in [3.8, 4) is 0 Å². The van der Waals surface area contributed by atoms with Crippen molar-refractivity contribution < 1.29 is 46.8 Å². The highest BCUT2D eigenvalue weighted by molar-refractivity contribution is 7.45. The molecule has 2 atom stereocenters. The van der Waals surface area contributed by atoms with E-state index in [9.17, 15) is 23.8 Å². The van der Waals surface area contributed by atoms with Gasteiger partial charge in [0.1, 0.15) is 19.8 Å². The number of rotatable bonds is 35. The van der Waals surface area contributed by atoms with Crippen LogP contribution in [0.4, 0.5) is 11.4 Å². The summed E-state index contributed by atoms with van der Waals surface area (Å²) >= 11 is 12.6. The minimum absolute atomic E-state index is 0.000173. The first-order valence-electron chi connectivity index (χ1n) is 22.0. The fourth-order valence-electron chi connectivity index (χ4n) is 6.30. The van der Waals surface area contributed by atoms with Gasteiger partial charge in [0.25, 0.3) is 7.82 Å². The molecule has 2 aromatic rings. The zero-order chi connectivity index (χ0) is 44.1. The molecular formula is C45H72Cl2N3O9P. The predicted molar refractivity (Wildman–Crippen MR) is 240 cm³/mol. The Kier molecular flexibility index (Phi) is 27.8. The number of hydrogen-bond acceptors (Lipinski definition) is 10. The summed E-state index contributed by atoms with van der Waals surface area (Å²) < 4.78 is 33.8. The predicted octanol–water partition coefficient (Wildman–Crippen LogP) is 10.5. The van der Waals surface area contributed by atoms with Gasteiger partial charge < -0.3 is 38.5 Å². The van der Waals surface area contributed by atoms with Crippen molar-refractivity contribution in [3.63, 3.8) is 0 Å². The number of nitrogens with one attached hydrogen (secondary N) is 2. The second kappa shape index (κ2) is 31.2. The number of anilines is 2. The molecule has 0 saturated heterocycles. The van der Waals surface area contributed by atoms with Crippen molar-refractivity contribution in [1.29, 1.82) is 0 Å². The molecule has 12 nitrogen and oxygen atoms in total. The summed E-state index contributed by atoms with van der Waals surface area (Å²) in [7, 11) is 0.989. The highest BCUT2D eigenvalue weighted by Gasteiger charge is 2.22. The van der Waals surface area contributed by atoms with Crippen LogP contribution in [0.25, 0.3) is 0 Å². The topological polar surface area (TPSA) is 152 Å². The van der Waals surface area contributed by atoms with Crippen LogP contribution in [0.15, 0.2) is 42.5 Å². The quantitative estimate of drug-likeness (QED) is 0.0296. The van der Waals surface area contributed by atoms with E-state index >= 15 is 0 Å². The van der Waals surface area contributed by atoms with E-state index in [4.69, 9.17) is 41.7 Å². The molecule has 15 heteroatoms. The maximum absolute atomic E-state index is 12.8. The molecule has 0 heterocycles. The zero-order valence-electron chi connectivity index (χ0n) is 36.6. The van der Waals surface area contributed by atoms with Gasteiger partial charge in [-0.05, 0) is 43.0 Å². The molecule has 0 fully saturated rings. The molecule has 0 aromatic heterocycles. The fourth-order valence-corrected chi connectivity index (χ4v) is 7.52.